The maximum Gasteiger partial charge on any atom is 0.230 e. The van der Waals surface area contributed by atoms with E-state index in [9.17, 15) is 0 Å². The molecule has 0 radical (unpaired) electrons. The van der Waals surface area contributed by atoms with Gasteiger partial charge < -0.3 is 5.73 Å². The Morgan fingerprint density at radius 3 is 2.63 bits per heavy atom. The van der Waals surface area contributed by atoms with E-state index in [-0.39, 0.29) is 0 Å². The summed E-state index contributed by atoms with van der Waals surface area (Å²) in [5, 5.41) is 9.16. The standard InChI is InChI=1S/C14H18N4S/c1-4-11-5-6-13(12(7-11)8-15)17-18-14-16-9(2)10(3)19-14/h5-7H,4,8,15H2,1-3H3. The number of hydrogen-bond donors (Lipinski definition) is 1. The minimum atomic E-state index is 0.470. The van der Waals surface area contributed by atoms with E-state index in [2.05, 4.69) is 34.3 Å². The Kier molecular flexibility index (Phi) is 4.39. The Bertz CT molecular complexity index is 582. The van der Waals surface area contributed by atoms with Crippen LogP contribution in [-0.4, -0.2) is 4.98 Å². The van der Waals surface area contributed by atoms with Gasteiger partial charge in [0.2, 0.25) is 5.13 Å². The molecule has 1 aromatic carbocycles. The zero-order valence-electron chi connectivity index (χ0n) is 11.5. The molecule has 0 spiro atoms. The summed E-state index contributed by atoms with van der Waals surface area (Å²) < 4.78 is 0. The number of benzene rings is 1. The summed E-state index contributed by atoms with van der Waals surface area (Å²) in [6, 6.07) is 6.12. The molecule has 0 fully saturated rings. The fourth-order valence-corrected chi connectivity index (χ4v) is 2.45. The third-order valence-electron chi connectivity index (χ3n) is 3.03. The summed E-state index contributed by atoms with van der Waals surface area (Å²) in [6.07, 6.45) is 0.995. The highest BCUT2D eigenvalue weighted by molar-refractivity contribution is 7.15. The predicted molar refractivity (Wildman–Crippen MR) is 79.5 cm³/mol. The van der Waals surface area contributed by atoms with Gasteiger partial charge in [0.15, 0.2) is 0 Å². The Morgan fingerprint density at radius 1 is 1.26 bits per heavy atom. The number of hydrogen-bond acceptors (Lipinski definition) is 5. The van der Waals surface area contributed by atoms with Crippen LogP contribution in [0.3, 0.4) is 0 Å². The van der Waals surface area contributed by atoms with Crippen LogP contribution in [0.15, 0.2) is 28.4 Å². The van der Waals surface area contributed by atoms with E-state index < -0.39 is 0 Å². The average molecular weight is 274 g/mol. The maximum atomic E-state index is 5.76. The third-order valence-corrected chi connectivity index (χ3v) is 3.99. The van der Waals surface area contributed by atoms with Crippen LogP contribution < -0.4 is 5.73 Å². The lowest BCUT2D eigenvalue weighted by Crippen LogP contribution is -1.97. The number of thiazole rings is 1. The summed E-state index contributed by atoms with van der Waals surface area (Å²) in [5.41, 5.74) is 9.88. The largest absolute Gasteiger partial charge is 0.326 e. The molecule has 0 bridgehead atoms. The van der Waals surface area contributed by atoms with Gasteiger partial charge in [0.25, 0.3) is 0 Å². The molecule has 1 heterocycles. The zero-order valence-corrected chi connectivity index (χ0v) is 12.3. The number of nitrogens with zero attached hydrogens (tertiary/aromatic N) is 3. The molecule has 4 nitrogen and oxygen atoms in total. The summed E-state index contributed by atoms with van der Waals surface area (Å²) in [5.74, 6) is 0. The molecule has 1 aromatic heterocycles. The average Bonchev–Trinajstić information content (AvgIpc) is 2.75. The SMILES string of the molecule is CCc1ccc(N=Nc2nc(C)c(C)s2)c(CN)c1. The van der Waals surface area contributed by atoms with Crippen molar-refractivity contribution in [3.8, 4) is 0 Å². The van der Waals surface area contributed by atoms with Crippen LogP contribution in [0.25, 0.3) is 0 Å². The van der Waals surface area contributed by atoms with Gasteiger partial charge in [0.05, 0.1) is 11.4 Å². The smallest absolute Gasteiger partial charge is 0.230 e. The second kappa shape index (κ2) is 6.04. The van der Waals surface area contributed by atoms with Crippen molar-refractivity contribution >= 4 is 22.2 Å². The second-order valence-corrected chi connectivity index (χ2v) is 5.54. The summed E-state index contributed by atoms with van der Waals surface area (Å²) in [7, 11) is 0. The van der Waals surface area contributed by atoms with Gasteiger partial charge in [-0.3, -0.25) is 0 Å². The van der Waals surface area contributed by atoms with E-state index in [4.69, 9.17) is 5.73 Å². The molecule has 2 N–H and O–H groups in total. The van der Waals surface area contributed by atoms with Crippen molar-refractivity contribution in [3.63, 3.8) is 0 Å². The molecular formula is C14H18N4S. The van der Waals surface area contributed by atoms with Crippen LogP contribution in [0.1, 0.15) is 28.6 Å². The van der Waals surface area contributed by atoms with Gasteiger partial charge in [0.1, 0.15) is 0 Å². The van der Waals surface area contributed by atoms with Gasteiger partial charge in [-0.25, -0.2) is 4.98 Å². The van der Waals surface area contributed by atoms with Crippen molar-refractivity contribution in [2.45, 2.75) is 33.7 Å². The first-order valence-corrected chi connectivity index (χ1v) is 7.13. The van der Waals surface area contributed by atoms with Crippen molar-refractivity contribution in [3.05, 3.63) is 39.9 Å². The topological polar surface area (TPSA) is 63.6 Å². The van der Waals surface area contributed by atoms with Crippen molar-refractivity contribution < 1.29 is 0 Å². The third kappa shape index (κ3) is 3.24. The lowest BCUT2D eigenvalue weighted by atomic mass is 10.1. The van der Waals surface area contributed by atoms with E-state index in [1.54, 1.807) is 11.3 Å². The molecule has 19 heavy (non-hydrogen) atoms. The quantitative estimate of drug-likeness (QED) is 0.849. The molecule has 0 aliphatic carbocycles. The first-order valence-electron chi connectivity index (χ1n) is 6.31. The Labute approximate surface area is 117 Å². The van der Waals surface area contributed by atoms with Crippen molar-refractivity contribution in [2.75, 3.05) is 0 Å². The van der Waals surface area contributed by atoms with Gasteiger partial charge in [-0.2, -0.15) is 0 Å². The van der Waals surface area contributed by atoms with Gasteiger partial charge in [-0.1, -0.05) is 30.4 Å². The molecule has 100 valence electrons. The number of rotatable bonds is 4. The molecule has 5 heteroatoms. The number of azo groups is 1. The Hall–Kier alpha value is -1.59. The minimum absolute atomic E-state index is 0.470. The summed E-state index contributed by atoms with van der Waals surface area (Å²) in [4.78, 5) is 5.52. The number of nitrogens with two attached hydrogens (primary N) is 1. The Balaban J connectivity index is 2.27. The highest BCUT2D eigenvalue weighted by Gasteiger charge is 2.04. The molecule has 0 unspecified atom stereocenters. The van der Waals surface area contributed by atoms with E-state index in [1.165, 1.54) is 10.4 Å². The molecule has 2 aromatic rings. The molecule has 2 rings (SSSR count). The Morgan fingerprint density at radius 2 is 2.05 bits per heavy atom. The van der Waals surface area contributed by atoms with E-state index in [1.807, 2.05) is 19.9 Å². The van der Waals surface area contributed by atoms with Crippen LogP contribution in [0.2, 0.25) is 0 Å². The lowest BCUT2D eigenvalue weighted by molar-refractivity contribution is 1.03. The van der Waals surface area contributed by atoms with Gasteiger partial charge in [-0.15, -0.1) is 10.2 Å². The molecule has 0 aliphatic rings. The first-order chi connectivity index (χ1) is 9.13. The van der Waals surface area contributed by atoms with Crippen LogP contribution in [-0.2, 0) is 13.0 Å². The van der Waals surface area contributed by atoms with Crippen molar-refractivity contribution in [2.24, 2.45) is 16.0 Å². The molecule has 0 saturated carbocycles. The van der Waals surface area contributed by atoms with Gasteiger partial charge >= 0.3 is 0 Å². The highest BCUT2D eigenvalue weighted by atomic mass is 32.1. The number of aromatic nitrogens is 1. The molecule has 0 amide bonds. The maximum absolute atomic E-state index is 5.76. The monoisotopic (exact) mass is 274 g/mol. The fourth-order valence-electron chi connectivity index (χ4n) is 1.72. The van der Waals surface area contributed by atoms with Crippen LogP contribution in [0.4, 0.5) is 10.8 Å². The fraction of sp³-hybridized carbons (Fsp3) is 0.357. The van der Waals surface area contributed by atoms with Crippen LogP contribution >= 0.6 is 11.3 Å². The van der Waals surface area contributed by atoms with E-state index >= 15 is 0 Å². The van der Waals surface area contributed by atoms with Crippen LogP contribution in [0.5, 0.6) is 0 Å². The predicted octanol–water partition coefficient (Wildman–Crippen LogP) is 4.20. The van der Waals surface area contributed by atoms with Crippen molar-refractivity contribution in [1.29, 1.82) is 0 Å². The second-order valence-electron chi connectivity index (χ2n) is 4.36. The van der Waals surface area contributed by atoms with Crippen molar-refractivity contribution in [1.82, 2.24) is 4.98 Å². The number of aryl methyl sites for hydroxylation is 3. The lowest BCUT2D eigenvalue weighted by Gasteiger charge is -2.04. The van der Waals surface area contributed by atoms with Gasteiger partial charge in [0, 0.05) is 11.4 Å². The van der Waals surface area contributed by atoms with Crippen LogP contribution in [0, 0.1) is 13.8 Å². The molecule has 0 saturated heterocycles. The minimum Gasteiger partial charge on any atom is -0.326 e. The summed E-state index contributed by atoms with van der Waals surface area (Å²) >= 11 is 1.55. The highest BCUT2D eigenvalue weighted by Crippen LogP contribution is 2.27. The first kappa shape index (κ1) is 13.8. The molecule has 0 atom stereocenters. The van der Waals surface area contributed by atoms with E-state index in [0.717, 1.165) is 23.4 Å². The van der Waals surface area contributed by atoms with Gasteiger partial charge in [-0.05, 0) is 37.5 Å². The van der Waals surface area contributed by atoms with E-state index in [0.29, 0.717) is 11.7 Å². The summed E-state index contributed by atoms with van der Waals surface area (Å²) in [6.45, 7) is 6.61. The normalized spacial score (nSPS) is 11.4. The zero-order chi connectivity index (χ0) is 13.8. The molecule has 0 aliphatic heterocycles. The molecular weight excluding hydrogens is 256 g/mol.